The van der Waals surface area contributed by atoms with Gasteiger partial charge in [-0.25, -0.2) is 0 Å². The molecule has 3 aromatic carbocycles. The molecule has 0 radical (unpaired) electrons. The first kappa shape index (κ1) is 17.2. The summed E-state index contributed by atoms with van der Waals surface area (Å²) in [6, 6.07) is 17.3. The average Bonchev–Trinajstić information content (AvgIpc) is 2.63. The molecular weight excluding hydrogens is 326 g/mol. The maximum Gasteiger partial charge on any atom is 0.193 e. The van der Waals surface area contributed by atoms with E-state index < -0.39 is 0 Å². The van der Waals surface area contributed by atoms with Crippen molar-refractivity contribution in [1.29, 1.82) is 0 Å². The molecule has 0 aliphatic heterocycles. The maximum absolute atomic E-state index is 13.0. The van der Waals surface area contributed by atoms with Crippen molar-refractivity contribution >= 4 is 29.1 Å². The molecule has 26 heavy (non-hydrogen) atoms. The highest BCUT2D eigenvalue weighted by Gasteiger charge is 2.18. The first-order valence-electron chi connectivity index (χ1n) is 8.11. The quantitative estimate of drug-likeness (QED) is 0.374. The number of rotatable bonds is 5. The molecule has 0 saturated heterocycles. The minimum Gasteiger partial charge on any atom is -0.399 e. The molecule has 3 aromatic rings. The van der Waals surface area contributed by atoms with Gasteiger partial charge in [-0.1, -0.05) is 12.1 Å². The molecule has 5 nitrogen and oxygen atoms in total. The minimum absolute atomic E-state index is 0.173. The molecule has 0 heterocycles. The van der Waals surface area contributed by atoms with Crippen LogP contribution in [0.15, 0.2) is 60.7 Å². The first-order valence-corrected chi connectivity index (χ1v) is 8.11. The molecule has 0 aromatic heterocycles. The number of ketones is 1. The van der Waals surface area contributed by atoms with Gasteiger partial charge in [-0.15, -0.1) is 0 Å². The van der Waals surface area contributed by atoms with E-state index in [9.17, 15) is 9.59 Å². The number of benzene rings is 3. The smallest absolute Gasteiger partial charge is 0.193 e. The van der Waals surface area contributed by atoms with Gasteiger partial charge in [0.05, 0.1) is 0 Å². The summed E-state index contributed by atoms with van der Waals surface area (Å²) in [7, 11) is 0. The van der Waals surface area contributed by atoms with Crippen molar-refractivity contribution in [1.82, 2.24) is 0 Å². The van der Waals surface area contributed by atoms with E-state index in [2.05, 4.69) is 0 Å². The number of hydrogen-bond donors (Lipinski definition) is 3. The lowest BCUT2D eigenvalue weighted by atomic mass is 9.91. The van der Waals surface area contributed by atoms with Gasteiger partial charge in [0.25, 0.3) is 0 Å². The van der Waals surface area contributed by atoms with E-state index >= 15 is 0 Å². The molecule has 0 amide bonds. The summed E-state index contributed by atoms with van der Waals surface area (Å²) in [4.78, 5) is 24.3. The Bertz CT molecular complexity index is 979. The SMILES string of the molecule is Nc1ccc(C(=O)c2ccc(C=O)c(N)c2Cc2cccc(N)c2)cc1. The summed E-state index contributed by atoms with van der Waals surface area (Å²) in [6.45, 7) is 0. The Kier molecular flexibility index (Phi) is 4.71. The standard InChI is InChI=1S/C21H19N3O2/c22-16-7-4-14(5-8-16)21(26)18-9-6-15(12-25)20(24)19(18)11-13-2-1-3-17(23)10-13/h1-10,12H,11,22-24H2. The summed E-state index contributed by atoms with van der Waals surface area (Å²) in [5, 5.41) is 0. The summed E-state index contributed by atoms with van der Waals surface area (Å²) in [5.41, 5.74) is 22.1. The van der Waals surface area contributed by atoms with Crippen LogP contribution in [0.1, 0.15) is 37.4 Å². The predicted molar refractivity (Wildman–Crippen MR) is 104 cm³/mol. The van der Waals surface area contributed by atoms with Crippen molar-refractivity contribution in [2.24, 2.45) is 0 Å². The van der Waals surface area contributed by atoms with E-state index in [1.165, 1.54) is 0 Å². The van der Waals surface area contributed by atoms with Gasteiger partial charge in [0.2, 0.25) is 0 Å². The Morgan fingerprint density at radius 3 is 2.27 bits per heavy atom. The average molecular weight is 345 g/mol. The third kappa shape index (κ3) is 3.42. The Hall–Kier alpha value is -3.60. The molecular formula is C21H19N3O2. The van der Waals surface area contributed by atoms with E-state index in [0.717, 1.165) is 5.56 Å². The van der Waals surface area contributed by atoms with E-state index in [4.69, 9.17) is 17.2 Å². The van der Waals surface area contributed by atoms with Gasteiger partial charge in [-0.3, -0.25) is 9.59 Å². The maximum atomic E-state index is 13.0. The van der Waals surface area contributed by atoms with E-state index in [1.54, 1.807) is 42.5 Å². The second-order valence-corrected chi connectivity index (χ2v) is 6.09. The molecule has 0 atom stereocenters. The van der Waals surface area contributed by atoms with Crippen LogP contribution in [0.25, 0.3) is 0 Å². The highest BCUT2D eigenvalue weighted by molar-refractivity contribution is 6.11. The zero-order valence-electron chi connectivity index (χ0n) is 14.1. The Balaban J connectivity index is 2.09. The number of aldehydes is 1. The zero-order chi connectivity index (χ0) is 18.7. The van der Waals surface area contributed by atoms with Crippen molar-refractivity contribution in [2.45, 2.75) is 6.42 Å². The molecule has 0 fully saturated rings. The van der Waals surface area contributed by atoms with Crippen LogP contribution in [0.2, 0.25) is 0 Å². The number of nitrogen functional groups attached to an aromatic ring is 3. The Morgan fingerprint density at radius 1 is 0.885 bits per heavy atom. The third-order valence-electron chi connectivity index (χ3n) is 4.27. The monoisotopic (exact) mass is 345 g/mol. The van der Waals surface area contributed by atoms with Crippen molar-refractivity contribution in [3.05, 3.63) is 88.5 Å². The Labute approximate surface area is 151 Å². The van der Waals surface area contributed by atoms with Gasteiger partial charge in [-0.05, 0) is 59.7 Å². The minimum atomic E-state index is -0.173. The van der Waals surface area contributed by atoms with Crippen LogP contribution in [0.4, 0.5) is 17.1 Å². The van der Waals surface area contributed by atoms with Crippen LogP contribution in [0.3, 0.4) is 0 Å². The van der Waals surface area contributed by atoms with Gasteiger partial charge in [0, 0.05) is 40.2 Å². The van der Waals surface area contributed by atoms with E-state index in [1.807, 2.05) is 18.2 Å². The number of hydrogen-bond acceptors (Lipinski definition) is 5. The lowest BCUT2D eigenvalue weighted by Gasteiger charge is -2.14. The van der Waals surface area contributed by atoms with Crippen molar-refractivity contribution in [3.63, 3.8) is 0 Å². The zero-order valence-corrected chi connectivity index (χ0v) is 14.1. The van der Waals surface area contributed by atoms with E-state index in [-0.39, 0.29) is 5.78 Å². The molecule has 5 heteroatoms. The lowest BCUT2D eigenvalue weighted by Crippen LogP contribution is -2.11. The molecule has 0 spiro atoms. The second kappa shape index (κ2) is 7.11. The van der Waals surface area contributed by atoms with Gasteiger partial charge in [0.15, 0.2) is 12.1 Å². The van der Waals surface area contributed by atoms with Gasteiger partial charge in [-0.2, -0.15) is 0 Å². The number of nitrogens with two attached hydrogens (primary N) is 3. The number of carbonyl (C=O) groups excluding carboxylic acids is 2. The summed E-state index contributed by atoms with van der Waals surface area (Å²) in [5.74, 6) is -0.173. The van der Waals surface area contributed by atoms with Crippen LogP contribution in [0, 0.1) is 0 Å². The van der Waals surface area contributed by atoms with Gasteiger partial charge < -0.3 is 17.2 Å². The molecule has 6 N–H and O–H groups in total. The first-order chi connectivity index (χ1) is 12.5. The van der Waals surface area contributed by atoms with Crippen LogP contribution >= 0.6 is 0 Å². The molecule has 3 rings (SSSR count). The van der Waals surface area contributed by atoms with Crippen molar-refractivity contribution in [2.75, 3.05) is 17.2 Å². The molecule has 0 unspecified atom stereocenters. The summed E-state index contributed by atoms with van der Waals surface area (Å²) >= 11 is 0. The highest BCUT2D eigenvalue weighted by atomic mass is 16.1. The fourth-order valence-electron chi connectivity index (χ4n) is 2.89. The molecule has 0 saturated carbocycles. The number of anilines is 3. The molecule has 0 aliphatic rings. The van der Waals surface area contributed by atoms with Gasteiger partial charge >= 0.3 is 0 Å². The third-order valence-corrected chi connectivity index (χ3v) is 4.27. The highest BCUT2D eigenvalue weighted by Crippen LogP contribution is 2.27. The van der Waals surface area contributed by atoms with Crippen LogP contribution in [-0.4, -0.2) is 12.1 Å². The second-order valence-electron chi connectivity index (χ2n) is 6.09. The fraction of sp³-hybridized carbons (Fsp3) is 0.0476. The topological polar surface area (TPSA) is 112 Å². The van der Waals surface area contributed by atoms with Crippen LogP contribution < -0.4 is 17.2 Å². The van der Waals surface area contributed by atoms with Crippen LogP contribution in [0.5, 0.6) is 0 Å². The summed E-state index contributed by atoms with van der Waals surface area (Å²) < 4.78 is 0. The summed E-state index contributed by atoms with van der Waals surface area (Å²) in [6.07, 6.45) is 1.09. The van der Waals surface area contributed by atoms with Crippen molar-refractivity contribution in [3.8, 4) is 0 Å². The largest absolute Gasteiger partial charge is 0.399 e. The molecule has 0 bridgehead atoms. The number of carbonyl (C=O) groups is 2. The predicted octanol–water partition coefficient (Wildman–Crippen LogP) is 3.07. The lowest BCUT2D eigenvalue weighted by molar-refractivity contribution is 0.103. The van der Waals surface area contributed by atoms with Crippen LogP contribution in [-0.2, 0) is 6.42 Å². The molecule has 130 valence electrons. The van der Waals surface area contributed by atoms with Crippen molar-refractivity contribution < 1.29 is 9.59 Å². The van der Waals surface area contributed by atoms with E-state index in [0.29, 0.717) is 52.0 Å². The fourth-order valence-corrected chi connectivity index (χ4v) is 2.89. The normalized spacial score (nSPS) is 10.5. The molecule has 0 aliphatic carbocycles. The van der Waals surface area contributed by atoms with Gasteiger partial charge in [0.1, 0.15) is 0 Å². The Morgan fingerprint density at radius 2 is 1.62 bits per heavy atom.